The van der Waals surface area contributed by atoms with E-state index in [9.17, 15) is 9.50 Å². The molecule has 1 unspecified atom stereocenters. The third kappa shape index (κ3) is 1.81. The predicted molar refractivity (Wildman–Crippen MR) is 56.2 cm³/mol. The molecule has 2 aromatic rings. The van der Waals surface area contributed by atoms with Crippen LogP contribution in [0.2, 0.25) is 0 Å². The zero-order chi connectivity index (χ0) is 11.5. The van der Waals surface area contributed by atoms with Crippen molar-refractivity contribution in [2.45, 2.75) is 19.6 Å². The fourth-order valence-electron chi connectivity index (χ4n) is 1.58. The summed E-state index contributed by atoms with van der Waals surface area (Å²) in [5.74, 6) is -0.0896. The van der Waals surface area contributed by atoms with Gasteiger partial charge >= 0.3 is 0 Å². The molecule has 2 heterocycles. The van der Waals surface area contributed by atoms with Crippen LogP contribution in [0.1, 0.15) is 24.4 Å². The fraction of sp³-hybridized carbons (Fsp3) is 0.273. The van der Waals surface area contributed by atoms with E-state index in [2.05, 4.69) is 9.97 Å². The van der Waals surface area contributed by atoms with Gasteiger partial charge in [0.1, 0.15) is 17.7 Å². The minimum Gasteiger partial charge on any atom is -0.380 e. The quantitative estimate of drug-likeness (QED) is 0.854. The summed E-state index contributed by atoms with van der Waals surface area (Å²) in [5, 5.41) is 10.0. The highest BCUT2D eigenvalue weighted by Gasteiger charge is 2.18. The van der Waals surface area contributed by atoms with Crippen LogP contribution in [0.15, 0.2) is 30.9 Å². The molecule has 0 aliphatic heterocycles. The summed E-state index contributed by atoms with van der Waals surface area (Å²) in [6.45, 7) is 2.61. The smallest absolute Gasteiger partial charge is 0.147 e. The lowest BCUT2D eigenvalue weighted by atomic mass is 10.1. The molecule has 4 nitrogen and oxygen atoms in total. The zero-order valence-electron chi connectivity index (χ0n) is 8.84. The Labute approximate surface area is 92.4 Å². The van der Waals surface area contributed by atoms with Crippen LogP contribution in [0, 0.1) is 5.82 Å². The van der Waals surface area contributed by atoms with Gasteiger partial charge in [-0.05, 0) is 13.0 Å². The molecule has 0 aromatic carbocycles. The first-order chi connectivity index (χ1) is 7.74. The Morgan fingerprint density at radius 3 is 3.00 bits per heavy atom. The average molecular weight is 221 g/mol. The molecular weight excluding hydrogens is 209 g/mol. The van der Waals surface area contributed by atoms with Crippen molar-refractivity contribution in [2.24, 2.45) is 0 Å². The van der Waals surface area contributed by atoms with E-state index in [1.165, 1.54) is 12.3 Å². The maximum absolute atomic E-state index is 13.4. The highest BCUT2D eigenvalue weighted by Crippen LogP contribution is 2.22. The summed E-state index contributed by atoms with van der Waals surface area (Å²) in [6, 6.07) is 1.45. The van der Waals surface area contributed by atoms with E-state index in [1.54, 1.807) is 17.0 Å². The van der Waals surface area contributed by atoms with Gasteiger partial charge < -0.3 is 9.67 Å². The van der Waals surface area contributed by atoms with Gasteiger partial charge in [-0.25, -0.2) is 9.37 Å². The summed E-state index contributed by atoms with van der Waals surface area (Å²) in [5.41, 5.74) is 0.191. The van der Waals surface area contributed by atoms with Crippen LogP contribution < -0.4 is 0 Å². The number of hydrogen-bond donors (Lipinski definition) is 1. The molecule has 16 heavy (non-hydrogen) atoms. The molecule has 0 fully saturated rings. The van der Waals surface area contributed by atoms with E-state index in [-0.39, 0.29) is 5.56 Å². The van der Waals surface area contributed by atoms with Crippen LogP contribution in [0.4, 0.5) is 4.39 Å². The Morgan fingerprint density at radius 2 is 2.31 bits per heavy atom. The second kappa shape index (κ2) is 4.40. The van der Waals surface area contributed by atoms with Gasteiger partial charge in [0, 0.05) is 30.7 Å². The number of aryl methyl sites for hydroxylation is 1. The van der Waals surface area contributed by atoms with Gasteiger partial charge in [0.15, 0.2) is 0 Å². The normalized spacial score (nSPS) is 12.7. The SMILES string of the molecule is CCn1ccnc1C(O)c1ccncc1F. The van der Waals surface area contributed by atoms with Crippen molar-refractivity contribution in [3.05, 3.63) is 48.1 Å². The van der Waals surface area contributed by atoms with Gasteiger partial charge in [-0.2, -0.15) is 0 Å². The standard InChI is InChI=1S/C11H12FN3O/c1-2-15-6-5-14-11(15)10(16)8-3-4-13-7-9(8)12/h3-7,10,16H,2H2,1H3. The number of rotatable bonds is 3. The molecule has 5 heteroatoms. The highest BCUT2D eigenvalue weighted by atomic mass is 19.1. The number of aliphatic hydroxyl groups excluding tert-OH is 1. The topological polar surface area (TPSA) is 50.9 Å². The molecule has 1 atom stereocenters. The molecule has 0 saturated carbocycles. The Balaban J connectivity index is 2.39. The van der Waals surface area contributed by atoms with Gasteiger partial charge in [0.05, 0.1) is 6.20 Å². The van der Waals surface area contributed by atoms with Crippen LogP contribution in [0.3, 0.4) is 0 Å². The molecule has 2 rings (SSSR count). The Hall–Kier alpha value is -1.75. The van der Waals surface area contributed by atoms with Crippen LogP contribution in [-0.2, 0) is 6.54 Å². The Kier molecular flexibility index (Phi) is 2.96. The van der Waals surface area contributed by atoms with E-state index in [4.69, 9.17) is 0 Å². The average Bonchev–Trinajstić information content (AvgIpc) is 2.77. The third-order valence-electron chi connectivity index (χ3n) is 2.43. The largest absolute Gasteiger partial charge is 0.380 e. The number of pyridine rings is 1. The summed E-state index contributed by atoms with van der Waals surface area (Å²) in [7, 11) is 0. The third-order valence-corrected chi connectivity index (χ3v) is 2.43. The molecule has 0 radical (unpaired) electrons. The predicted octanol–water partition coefficient (Wildman–Crippen LogP) is 1.52. The van der Waals surface area contributed by atoms with Crippen molar-refractivity contribution in [1.82, 2.24) is 14.5 Å². The lowest BCUT2D eigenvalue weighted by Crippen LogP contribution is -2.10. The number of halogens is 1. The molecule has 0 aliphatic carbocycles. The minimum absolute atomic E-state index is 0.191. The van der Waals surface area contributed by atoms with Crippen molar-refractivity contribution in [3.8, 4) is 0 Å². The first kappa shape index (κ1) is 10.8. The lowest BCUT2D eigenvalue weighted by molar-refractivity contribution is 0.199. The van der Waals surface area contributed by atoms with Crippen molar-refractivity contribution in [2.75, 3.05) is 0 Å². The van der Waals surface area contributed by atoms with E-state index in [0.717, 1.165) is 6.20 Å². The minimum atomic E-state index is -1.06. The monoisotopic (exact) mass is 221 g/mol. The second-order valence-corrected chi connectivity index (χ2v) is 3.37. The molecule has 1 N–H and O–H groups in total. The van der Waals surface area contributed by atoms with Crippen LogP contribution >= 0.6 is 0 Å². The first-order valence-electron chi connectivity index (χ1n) is 5.02. The molecule has 0 saturated heterocycles. The van der Waals surface area contributed by atoms with Gasteiger partial charge in [0.2, 0.25) is 0 Å². The Bertz CT molecular complexity index is 484. The molecule has 2 aromatic heterocycles. The summed E-state index contributed by atoms with van der Waals surface area (Å²) in [6.07, 6.45) is 4.80. The van der Waals surface area contributed by atoms with E-state index in [0.29, 0.717) is 12.4 Å². The van der Waals surface area contributed by atoms with Crippen LogP contribution in [0.5, 0.6) is 0 Å². The van der Waals surface area contributed by atoms with Gasteiger partial charge in [-0.1, -0.05) is 0 Å². The summed E-state index contributed by atoms with van der Waals surface area (Å²) >= 11 is 0. The van der Waals surface area contributed by atoms with Gasteiger partial charge in [-0.3, -0.25) is 4.98 Å². The van der Waals surface area contributed by atoms with Crippen molar-refractivity contribution >= 4 is 0 Å². The Morgan fingerprint density at radius 1 is 1.50 bits per heavy atom. The molecule has 0 spiro atoms. The number of aliphatic hydroxyl groups is 1. The van der Waals surface area contributed by atoms with Gasteiger partial charge in [0.25, 0.3) is 0 Å². The second-order valence-electron chi connectivity index (χ2n) is 3.37. The van der Waals surface area contributed by atoms with Crippen LogP contribution in [0.25, 0.3) is 0 Å². The van der Waals surface area contributed by atoms with Crippen molar-refractivity contribution in [1.29, 1.82) is 0 Å². The number of aromatic nitrogens is 3. The maximum Gasteiger partial charge on any atom is 0.147 e. The first-order valence-corrected chi connectivity index (χ1v) is 5.02. The summed E-state index contributed by atoms with van der Waals surface area (Å²) in [4.78, 5) is 7.67. The molecule has 0 amide bonds. The van der Waals surface area contributed by atoms with Crippen molar-refractivity contribution < 1.29 is 9.50 Å². The van der Waals surface area contributed by atoms with E-state index in [1.807, 2.05) is 6.92 Å². The number of nitrogens with zero attached hydrogens (tertiary/aromatic N) is 3. The molecular formula is C11H12FN3O. The van der Waals surface area contributed by atoms with E-state index < -0.39 is 11.9 Å². The van der Waals surface area contributed by atoms with Gasteiger partial charge in [-0.15, -0.1) is 0 Å². The molecule has 0 bridgehead atoms. The molecule has 84 valence electrons. The lowest BCUT2D eigenvalue weighted by Gasteiger charge is -2.12. The van der Waals surface area contributed by atoms with Crippen LogP contribution in [-0.4, -0.2) is 19.6 Å². The number of imidazole rings is 1. The van der Waals surface area contributed by atoms with Crippen molar-refractivity contribution in [3.63, 3.8) is 0 Å². The zero-order valence-corrected chi connectivity index (χ0v) is 8.84. The summed E-state index contributed by atoms with van der Waals surface area (Å²) < 4.78 is 15.2. The van der Waals surface area contributed by atoms with E-state index >= 15 is 0 Å². The highest BCUT2D eigenvalue weighted by molar-refractivity contribution is 5.22. The number of hydrogen-bond acceptors (Lipinski definition) is 3. The maximum atomic E-state index is 13.4. The molecule has 0 aliphatic rings. The fourth-order valence-corrected chi connectivity index (χ4v) is 1.58.